The van der Waals surface area contributed by atoms with Crippen molar-refractivity contribution in [1.29, 1.82) is 0 Å². The van der Waals surface area contributed by atoms with Crippen molar-refractivity contribution in [3.63, 3.8) is 0 Å². The number of nitro benzene ring substituents is 1. The Morgan fingerprint density at radius 2 is 2.12 bits per heavy atom. The summed E-state index contributed by atoms with van der Waals surface area (Å²) in [4.78, 5) is 36.9. The zero-order valence-corrected chi connectivity index (χ0v) is 15.6. The molecule has 1 N–H and O–H groups in total. The molecular formula is C16H18BrN3O5. The maximum Gasteiger partial charge on any atom is 0.338 e. The van der Waals surface area contributed by atoms with Gasteiger partial charge in [0.05, 0.1) is 23.1 Å². The molecule has 8 nitrogen and oxygen atoms in total. The van der Waals surface area contributed by atoms with E-state index < -0.39 is 16.9 Å². The molecule has 1 heterocycles. The van der Waals surface area contributed by atoms with Crippen LogP contribution in [0.1, 0.15) is 32.4 Å². The molecule has 1 unspecified atom stereocenters. The van der Waals surface area contributed by atoms with Crippen molar-refractivity contribution in [3.05, 3.63) is 49.6 Å². The van der Waals surface area contributed by atoms with Crippen molar-refractivity contribution in [2.45, 2.75) is 26.8 Å². The monoisotopic (exact) mass is 411 g/mol. The van der Waals surface area contributed by atoms with E-state index in [1.54, 1.807) is 26.8 Å². The average Bonchev–Trinajstić information content (AvgIpc) is 2.54. The summed E-state index contributed by atoms with van der Waals surface area (Å²) >= 11 is 3.22. The highest BCUT2D eigenvalue weighted by atomic mass is 79.9. The minimum absolute atomic E-state index is 0.148. The van der Waals surface area contributed by atoms with E-state index in [-0.39, 0.29) is 28.4 Å². The van der Waals surface area contributed by atoms with E-state index in [4.69, 9.17) is 4.74 Å². The largest absolute Gasteiger partial charge is 0.463 e. The molecule has 0 aliphatic carbocycles. The van der Waals surface area contributed by atoms with E-state index in [0.717, 1.165) is 0 Å². The maximum atomic E-state index is 12.5. The Hall–Kier alpha value is -2.42. The summed E-state index contributed by atoms with van der Waals surface area (Å²) in [6.45, 7) is 5.69. The predicted octanol–water partition coefficient (Wildman–Crippen LogP) is 3.28. The van der Waals surface area contributed by atoms with E-state index in [1.165, 1.54) is 17.0 Å². The van der Waals surface area contributed by atoms with Crippen molar-refractivity contribution < 1.29 is 19.2 Å². The van der Waals surface area contributed by atoms with Crippen LogP contribution in [0.4, 0.5) is 10.5 Å². The van der Waals surface area contributed by atoms with E-state index in [1.807, 2.05) is 0 Å². The number of halogens is 1. The number of hydrogen-bond donors (Lipinski definition) is 1. The van der Waals surface area contributed by atoms with Gasteiger partial charge in [-0.3, -0.25) is 15.0 Å². The number of urea groups is 1. The van der Waals surface area contributed by atoms with Crippen molar-refractivity contribution in [2.24, 2.45) is 0 Å². The van der Waals surface area contributed by atoms with Crippen LogP contribution in [-0.2, 0) is 9.53 Å². The Balaban J connectivity index is 2.64. The Morgan fingerprint density at radius 1 is 1.44 bits per heavy atom. The second-order valence-electron chi connectivity index (χ2n) is 5.28. The fourth-order valence-corrected chi connectivity index (χ4v) is 3.41. The highest BCUT2D eigenvalue weighted by Gasteiger charge is 2.37. The average molecular weight is 412 g/mol. The molecule has 1 aromatic rings. The summed E-state index contributed by atoms with van der Waals surface area (Å²) in [5.74, 6) is -0.568. The van der Waals surface area contributed by atoms with Crippen molar-refractivity contribution >= 4 is 33.6 Å². The molecule has 1 aliphatic heterocycles. The molecule has 1 aromatic carbocycles. The second kappa shape index (κ2) is 7.64. The van der Waals surface area contributed by atoms with E-state index in [2.05, 4.69) is 21.2 Å². The molecule has 0 radical (unpaired) electrons. The van der Waals surface area contributed by atoms with Gasteiger partial charge in [0.2, 0.25) is 0 Å². The number of nitro groups is 1. The number of nitrogens with one attached hydrogen (secondary N) is 1. The lowest BCUT2D eigenvalue weighted by atomic mass is 9.94. The van der Waals surface area contributed by atoms with Crippen LogP contribution in [0.25, 0.3) is 0 Å². The minimum atomic E-state index is -0.844. The van der Waals surface area contributed by atoms with Gasteiger partial charge in [-0.25, -0.2) is 9.59 Å². The minimum Gasteiger partial charge on any atom is -0.463 e. The summed E-state index contributed by atoms with van der Waals surface area (Å²) in [5, 5.41) is 13.9. The molecule has 134 valence electrons. The molecule has 0 saturated carbocycles. The molecule has 1 aliphatic rings. The standard InChI is InChI=1S/C16H18BrN3O5/c1-4-19-9(3)12(15(21)25-5-2)14(18-16(19)22)10-7-6-8-11(13(10)17)20(23)24/h6-8,14H,4-5H2,1-3H3,(H,18,22). The second-order valence-corrected chi connectivity index (χ2v) is 6.08. The highest BCUT2D eigenvalue weighted by molar-refractivity contribution is 9.10. The molecule has 0 spiro atoms. The Bertz CT molecular complexity index is 762. The van der Waals surface area contributed by atoms with Crippen LogP contribution in [0, 0.1) is 10.1 Å². The Morgan fingerprint density at radius 3 is 2.68 bits per heavy atom. The fraction of sp³-hybridized carbons (Fsp3) is 0.375. The van der Waals surface area contributed by atoms with E-state index in [9.17, 15) is 19.7 Å². The van der Waals surface area contributed by atoms with Crippen molar-refractivity contribution in [2.75, 3.05) is 13.2 Å². The summed E-state index contributed by atoms with van der Waals surface area (Å²) in [6, 6.07) is 3.25. The quantitative estimate of drug-likeness (QED) is 0.454. The number of esters is 1. The third kappa shape index (κ3) is 3.51. The van der Waals surface area contributed by atoms with Gasteiger partial charge in [-0.2, -0.15) is 0 Å². The fourth-order valence-electron chi connectivity index (χ4n) is 2.77. The number of hydrogen-bond acceptors (Lipinski definition) is 5. The van der Waals surface area contributed by atoms with Gasteiger partial charge in [0, 0.05) is 23.9 Å². The van der Waals surface area contributed by atoms with Gasteiger partial charge in [0.15, 0.2) is 0 Å². The van der Waals surface area contributed by atoms with Crippen molar-refractivity contribution in [1.82, 2.24) is 10.2 Å². The van der Waals surface area contributed by atoms with Crippen LogP contribution in [0.3, 0.4) is 0 Å². The molecule has 25 heavy (non-hydrogen) atoms. The first-order valence-electron chi connectivity index (χ1n) is 7.72. The van der Waals surface area contributed by atoms with Crippen LogP contribution in [0.15, 0.2) is 33.9 Å². The molecule has 0 fully saturated rings. The summed E-state index contributed by atoms with van der Waals surface area (Å²) in [7, 11) is 0. The normalized spacial score (nSPS) is 17.4. The van der Waals surface area contributed by atoms with Gasteiger partial charge in [-0.1, -0.05) is 12.1 Å². The molecule has 2 amide bonds. The van der Waals surface area contributed by atoms with Crippen LogP contribution in [0.2, 0.25) is 0 Å². The number of carbonyl (C=O) groups is 2. The van der Waals surface area contributed by atoms with Gasteiger partial charge in [0.1, 0.15) is 4.47 Å². The number of ether oxygens (including phenoxy) is 1. The van der Waals surface area contributed by atoms with E-state index >= 15 is 0 Å². The number of nitrogens with zero attached hydrogens (tertiary/aromatic N) is 2. The van der Waals surface area contributed by atoms with Gasteiger partial charge in [0.25, 0.3) is 5.69 Å². The summed E-state index contributed by atoms with van der Waals surface area (Å²) in [6.07, 6.45) is 0. The van der Waals surface area contributed by atoms with E-state index in [0.29, 0.717) is 17.8 Å². The predicted molar refractivity (Wildman–Crippen MR) is 93.8 cm³/mol. The highest BCUT2D eigenvalue weighted by Crippen LogP contribution is 2.38. The van der Waals surface area contributed by atoms with Crippen LogP contribution >= 0.6 is 15.9 Å². The molecular weight excluding hydrogens is 394 g/mol. The zero-order chi connectivity index (χ0) is 18.7. The molecule has 0 bridgehead atoms. The first-order chi connectivity index (χ1) is 11.8. The lowest BCUT2D eigenvalue weighted by molar-refractivity contribution is -0.385. The Kier molecular flexibility index (Phi) is 5.78. The molecule has 1 atom stereocenters. The van der Waals surface area contributed by atoms with Crippen LogP contribution in [-0.4, -0.2) is 35.0 Å². The molecule has 9 heteroatoms. The SMILES string of the molecule is CCOC(=O)C1=C(C)N(CC)C(=O)NC1c1cccc([N+](=O)[O-])c1Br. The van der Waals surface area contributed by atoms with Crippen LogP contribution in [0.5, 0.6) is 0 Å². The molecule has 0 saturated heterocycles. The molecule has 0 aromatic heterocycles. The van der Waals surface area contributed by atoms with Gasteiger partial charge in [-0.05, 0) is 36.7 Å². The smallest absolute Gasteiger partial charge is 0.338 e. The number of benzene rings is 1. The van der Waals surface area contributed by atoms with Crippen LogP contribution < -0.4 is 5.32 Å². The zero-order valence-electron chi connectivity index (χ0n) is 14.0. The van der Waals surface area contributed by atoms with Gasteiger partial charge < -0.3 is 10.1 Å². The Labute approximate surface area is 153 Å². The first-order valence-corrected chi connectivity index (χ1v) is 8.51. The lowest BCUT2D eigenvalue weighted by Gasteiger charge is -2.35. The maximum absolute atomic E-state index is 12.5. The third-order valence-corrected chi connectivity index (χ3v) is 4.79. The number of allylic oxidation sites excluding steroid dienone is 1. The van der Waals surface area contributed by atoms with Gasteiger partial charge >= 0.3 is 12.0 Å². The topological polar surface area (TPSA) is 102 Å². The summed E-state index contributed by atoms with van der Waals surface area (Å²) in [5.41, 5.74) is 0.990. The first kappa shape index (κ1) is 18.9. The molecule has 2 rings (SSSR count). The van der Waals surface area contributed by atoms with Gasteiger partial charge in [-0.15, -0.1) is 0 Å². The summed E-state index contributed by atoms with van der Waals surface area (Å²) < 4.78 is 5.34. The number of amides is 2. The van der Waals surface area contributed by atoms with Crippen molar-refractivity contribution in [3.8, 4) is 0 Å². The lowest BCUT2D eigenvalue weighted by Crippen LogP contribution is -2.48. The number of rotatable bonds is 5. The third-order valence-electron chi connectivity index (χ3n) is 3.92. The number of carbonyl (C=O) groups excluding carboxylic acids is 2.